The summed E-state index contributed by atoms with van der Waals surface area (Å²) in [6.07, 6.45) is 0. The van der Waals surface area contributed by atoms with E-state index in [1.165, 1.54) is 9.80 Å². The van der Waals surface area contributed by atoms with Crippen molar-refractivity contribution in [3.63, 3.8) is 0 Å². The van der Waals surface area contributed by atoms with E-state index in [9.17, 15) is 4.79 Å². The summed E-state index contributed by atoms with van der Waals surface area (Å²) >= 11 is 0. The van der Waals surface area contributed by atoms with Crippen LogP contribution in [0.5, 0.6) is 0 Å². The number of rotatable bonds is 7. The number of hydrogen-bond acceptors (Lipinski definition) is 3. The molecule has 1 fully saturated rings. The maximum Gasteiger partial charge on any atom is 0.275 e. The summed E-state index contributed by atoms with van der Waals surface area (Å²) in [5.74, 6) is 0.954. The third kappa shape index (κ3) is 5.34. The van der Waals surface area contributed by atoms with E-state index in [0.29, 0.717) is 6.54 Å². The highest BCUT2D eigenvalue weighted by Crippen LogP contribution is 2.21. The summed E-state index contributed by atoms with van der Waals surface area (Å²) in [6, 6.07) is 22.2. The van der Waals surface area contributed by atoms with Crippen molar-refractivity contribution in [2.75, 3.05) is 32.7 Å². The topological polar surface area (TPSA) is 64.0 Å². The lowest BCUT2D eigenvalue weighted by Gasteiger charge is -2.29. The number of quaternary nitrogens is 2. The zero-order valence-corrected chi connectivity index (χ0v) is 17.4. The smallest absolute Gasteiger partial charge is 0.275 e. The largest absolute Gasteiger partial charge is 0.361 e. The average molecular weight is 407 g/mol. The summed E-state index contributed by atoms with van der Waals surface area (Å²) < 4.78 is 5.17. The second-order valence-electron chi connectivity index (χ2n) is 8.10. The number of nitrogens with one attached hydrogen (secondary N) is 3. The number of hydrogen-bond donors (Lipinski definition) is 3. The van der Waals surface area contributed by atoms with Crippen LogP contribution in [-0.4, -0.2) is 43.8 Å². The van der Waals surface area contributed by atoms with Crippen molar-refractivity contribution in [1.29, 1.82) is 0 Å². The predicted octanol–water partition coefficient (Wildman–Crippen LogP) is 0.172. The zero-order valence-electron chi connectivity index (χ0n) is 17.4. The molecule has 0 spiro atoms. The van der Waals surface area contributed by atoms with Crippen LogP contribution in [0.15, 0.2) is 71.3 Å². The van der Waals surface area contributed by atoms with Crippen LogP contribution in [0, 0.1) is 6.92 Å². The van der Waals surface area contributed by atoms with E-state index in [2.05, 4.69) is 34.7 Å². The Balaban J connectivity index is 1.32. The second-order valence-corrected chi connectivity index (χ2v) is 8.10. The molecule has 0 atom stereocenters. The van der Waals surface area contributed by atoms with Crippen molar-refractivity contribution >= 4 is 5.91 Å². The Morgan fingerprint density at radius 1 is 0.967 bits per heavy atom. The van der Waals surface area contributed by atoms with E-state index in [1.807, 2.05) is 49.4 Å². The molecule has 0 bridgehead atoms. The molecule has 0 saturated carbocycles. The minimum absolute atomic E-state index is 0.0956. The normalized spacial score (nSPS) is 19.0. The molecule has 30 heavy (non-hydrogen) atoms. The van der Waals surface area contributed by atoms with Crippen LogP contribution >= 0.6 is 0 Å². The average Bonchev–Trinajstić information content (AvgIpc) is 3.19. The van der Waals surface area contributed by atoms with Gasteiger partial charge in [-0.05, 0) is 18.1 Å². The highest BCUT2D eigenvalue weighted by Gasteiger charge is 2.27. The molecule has 2 aromatic carbocycles. The van der Waals surface area contributed by atoms with Crippen molar-refractivity contribution in [3.8, 4) is 0 Å². The Kier molecular flexibility index (Phi) is 6.57. The molecule has 3 aromatic rings. The summed E-state index contributed by atoms with van der Waals surface area (Å²) in [6.45, 7) is 7.37. The number of piperazine rings is 1. The molecule has 0 unspecified atom stereocenters. The molecular weight excluding hydrogens is 376 g/mol. The maximum atomic E-state index is 12.9. The van der Waals surface area contributed by atoms with Gasteiger partial charge in [-0.3, -0.25) is 4.79 Å². The SMILES string of the molecule is Cc1cc(C[NH+]2CC[NH+](CC(=O)NC(c3ccccc3)c3ccccc3)CC2)no1. The molecule has 156 valence electrons. The number of nitrogens with zero attached hydrogens (tertiary/aromatic N) is 1. The highest BCUT2D eigenvalue weighted by molar-refractivity contribution is 5.77. The number of carbonyl (C=O) groups is 1. The van der Waals surface area contributed by atoms with Crippen molar-refractivity contribution < 1.29 is 19.1 Å². The summed E-state index contributed by atoms with van der Waals surface area (Å²) in [5, 5.41) is 7.36. The van der Waals surface area contributed by atoms with E-state index < -0.39 is 0 Å². The van der Waals surface area contributed by atoms with Gasteiger partial charge in [-0.25, -0.2) is 0 Å². The Labute approximate surface area is 177 Å². The molecule has 1 aromatic heterocycles. The molecular formula is C24H30N4O2+2. The first-order chi connectivity index (χ1) is 14.7. The van der Waals surface area contributed by atoms with Crippen LogP contribution < -0.4 is 15.1 Å². The molecule has 0 radical (unpaired) electrons. The third-order valence-corrected chi connectivity index (χ3v) is 5.75. The van der Waals surface area contributed by atoms with Crippen LogP contribution in [0.1, 0.15) is 28.6 Å². The lowest BCUT2D eigenvalue weighted by Crippen LogP contribution is -3.28. The first-order valence-corrected chi connectivity index (χ1v) is 10.7. The van der Waals surface area contributed by atoms with Gasteiger partial charge in [0, 0.05) is 6.07 Å². The second kappa shape index (κ2) is 9.69. The molecule has 6 heteroatoms. The standard InChI is InChI=1S/C24H28N4O2/c1-19-16-22(26-30-19)17-27-12-14-28(15-13-27)18-23(29)25-24(20-8-4-2-5-9-20)21-10-6-3-7-11-21/h2-11,16,24H,12-15,17-18H2,1H3,(H,25,29)/p+2. The van der Waals surface area contributed by atoms with E-state index in [0.717, 1.165) is 55.3 Å². The minimum Gasteiger partial charge on any atom is -0.361 e. The lowest BCUT2D eigenvalue weighted by atomic mass is 9.99. The summed E-state index contributed by atoms with van der Waals surface area (Å²) in [4.78, 5) is 15.7. The molecule has 6 nitrogen and oxygen atoms in total. The number of amides is 1. The van der Waals surface area contributed by atoms with E-state index >= 15 is 0 Å². The van der Waals surface area contributed by atoms with Crippen LogP contribution in [0.4, 0.5) is 0 Å². The van der Waals surface area contributed by atoms with Crippen LogP contribution in [-0.2, 0) is 11.3 Å². The van der Waals surface area contributed by atoms with Gasteiger partial charge in [0.25, 0.3) is 5.91 Å². The number of carbonyl (C=O) groups excluding carboxylic acids is 1. The van der Waals surface area contributed by atoms with Crippen LogP contribution in [0.25, 0.3) is 0 Å². The van der Waals surface area contributed by atoms with Crippen molar-refractivity contribution in [2.45, 2.75) is 19.5 Å². The fourth-order valence-electron chi connectivity index (χ4n) is 4.16. The van der Waals surface area contributed by atoms with Gasteiger partial charge >= 0.3 is 0 Å². The van der Waals surface area contributed by atoms with Crippen LogP contribution in [0.3, 0.4) is 0 Å². The maximum absolute atomic E-state index is 12.9. The fraction of sp³-hybridized carbons (Fsp3) is 0.333. The quantitative estimate of drug-likeness (QED) is 0.524. The van der Waals surface area contributed by atoms with Gasteiger partial charge in [-0.15, -0.1) is 0 Å². The van der Waals surface area contributed by atoms with Gasteiger partial charge in [0.05, 0.1) is 6.04 Å². The van der Waals surface area contributed by atoms with Crippen molar-refractivity contribution in [3.05, 3.63) is 89.3 Å². The number of aryl methyl sites for hydroxylation is 1. The van der Waals surface area contributed by atoms with Crippen LogP contribution in [0.2, 0.25) is 0 Å². The molecule has 1 saturated heterocycles. The Hall–Kier alpha value is -2.96. The first kappa shape index (κ1) is 20.3. The molecule has 1 aliphatic heterocycles. The fourth-order valence-corrected chi connectivity index (χ4v) is 4.16. The summed E-state index contributed by atoms with van der Waals surface area (Å²) in [7, 11) is 0. The molecule has 1 amide bonds. The molecule has 0 aliphatic carbocycles. The monoisotopic (exact) mass is 406 g/mol. The van der Waals surface area contributed by atoms with Gasteiger partial charge in [0.15, 0.2) is 6.54 Å². The number of aromatic nitrogens is 1. The van der Waals surface area contributed by atoms with Gasteiger partial charge in [-0.2, -0.15) is 0 Å². The van der Waals surface area contributed by atoms with Crippen molar-refractivity contribution in [1.82, 2.24) is 10.5 Å². The molecule has 3 N–H and O–H groups in total. The zero-order chi connectivity index (χ0) is 20.8. The third-order valence-electron chi connectivity index (χ3n) is 5.75. The Morgan fingerprint density at radius 3 is 2.07 bits per heavy atom. The lowest BCUT2D eigenvalue weighted by molar-refractivity contribution is -1.02. The molecule has 1 aliphatic rings. The highest BCUT2D eigenvalue weighted by atomic mass is 16.5. The van der Waals surface area contributed by atoms with Gasteiger partial charge < -0.3 is 19.6 Å². The van der Waals surface area contributed by atoms with Gasteiger partial charge in [0.2, 0.25) is 0 Å². The van der Waals surface area contributed by atoms with E-state index in [4.69, 9.17) is 4.52 Å². The van der Waals surface area contributed by atoms with Gasteiger partial charge in [-0.1, -0.05) is 65.8 Å². The van der Waals surface area contributed by atoms with E-state index in [-0.39, 0.29) is 11.9 Å². The minimum atomic E-state index is -0.124. The van der Waals surface area contributed by atoms with Crippen molar-refractivity contribution in [2.24, 2.45) is 0 Å². The first-order valence-electron chi connectivity index (χ1n) is 10.7. The summed E-state index contributed by atoms with van der Waals surface area (Å²) in [5.41, 5.74) is 3.21. The van der Waals surface area contributed by atoms with E-state index in [1.54, 1.807) is 0 Å². The number of benzene rings is 2. The predicted molar refractivity (Wildman–Crippen MR) is 114 cm³/mol. The Bertz CT molecular complexity index is 895. The molecule has 2 heterocycles. The van der Waals surface area contributed by atoms with Gasteiger partial charge in [0.1, 0.15) is 44.2 Å². The molecule has 4 rings (SSSR count). The Morgan fingerprint density at radius 2 is 1.53 bits per heavy atom.